The summed E-state index contributed by atoms with van der Waals surface area (Å²) in [6.07, 6.45) is 2.16. The van der Waals surface area contributed by atoms with Crippen molar-refractivity contribution in [3.63, 3.8) is 0 Å². The number of thiazole rings is 1. The molecule has 0 aromatic carbocycles. The minimum Gasteiger partial charge on any atom is -0.381 e. The third kappa shape index (κ3) is 4.05. The van der Waals surface area contributed by atoms with E-state index in [4.69, 9.17) is 32.8 Å². The van der Waals surface area contributed by atoms with Crippen molar-refractivity contribution < 1.29 is 9.57 Å². The molecule has 1 fully saturated rings. The van der Waals surface area contributed by atoms with Crippen molar-refractivity contribution in [1.82, 2.24) is 10.0 Å². The lowest BCUT2D eigenvalue weighted by Crippen LogP contribution is -2.31. The van der Waals surface area contributed by atoms with Crippen molar-refractivity contribution in [2.45, 2.75) is 19.4 Å². The molecule has 0 aliphatic carbocycles. The summed E-state index contributed by atoms with van der Waals surface area (Å²) in [6.45, 7) is 3.19. The van der Waals surface area contributed by atoms with Crippen molar-refractivity contribution >= 4 is 34.5 Å². The summed E-state index contributed by atoms with van der Waals surface area (Å²) in [5, 5.41) is 2.38. The molecule has 0 N–H and O–H groups in total. The highest BCUT2D eigenvalue weighted by molar-refractivity contribution is 7.16. The lowest BCUT2D eigenvalue weighted by atomic mass is 10.0. The smallest absolute Gasteiger partial charge is 0.185 e. The van der Waals surface area contributed by atoms with Gasteiger partial charge in [0.1, 0.15) is 5.15 Å². The summed E-state index contributed by atoms with van der Waals surface area (Å²) in [5.74, 6) is 0.612. The number of hydrogen-bond donors (Lipinski definition) is 0. The van der Waals surface area contributed by atoms with E-state index in [-0.39, 0.29) is 0 Å². The van der Waals surface area contributed by atoms with E-state index in [0.29, 0.717) is 22.1 Å². The van der Waals surface area contributed by atoms with Crippen LogP contribution in [0.3, 0.4) is 0 Å². The van der Waals surface area contributed by atoms with Crippen LogP contribution >= 0.6 is 34.5 Å². The molecule has 1 aromatic heterocycles. The van der Waals surface area contributed by atoms with Crippen molar-refractivity contribution in [3.8, 4) is 0 Å². The molecular weight excluding hydrogens is 295 g/mol. The molecule has 0 atom stereocenters. The number of ether oxygens (including phenoxy) is 1. The Morgan fingerprint density at radius 2 is 2.17 bits per heavy atom. The Morgan fingerprint density at radius 1 is 1.44 bits per heavy atom. The predicted molar refractivity (Wildman–Crippen MR) is 73.1 cm³/mol. The largest absolute Gasteiger partial charge is 0.381 e. The van der Waals surface area contributed by atoms with E-state index < -0.39 is 0 Å². The van der Waals surface area contributed by atoms with E-state index in [1.807, 2.05) is 5.06 Å². The van der Waals surface area contributed by atoms with Crippen molar-refractivity contribution in [2.24, 2.45) is 5.92 Å². The molecule has 1 saturated heterocycles. The Kier molecular flexibility index (Phi) is 5.66. The number of rotatable bonds is 5. The van der Waals surface area contributed by atoms with Crippen molar-refractivity contribution in [2.75, 3.05) is 26.9 Å². The summed E-state index contributed by atoms with van der Waals surface area (Å²) >= 11 is 13.2. The summed E-state index contributed by atoms with van der Waals surface area (Å²) in [6, 6.07) is 0. The van der Waals surface area contributed by atoms with E-state index in [1.54, 1.807) is 7.11 Å². The van der Waals surface area contributed by atoms with Crippen LogP contribution in [-0.4, -0.2) is 36.9 Å². The van der Waals surface area contributed by atoms with Gasteiger partial charge in [-0.3, -0.25) is 0 Å². The van der Waals surface area contributed by atoms with Crippen molar-refractivity contribution in [3.05, 3.63) is 14.5 Å². The van der Waals surface area contributed by atoms with E-state index in [0.717, 1.165) is 37.5 Å². The molecule has 7 heteroatoms. The summed E-state index contributed by atoms with van der Waals surface area (Å²) < 4.78 is 5.82. The topological polar surface area (TPSA) is 34.6 Å². The van der Waals surface area contributed by atoms with Crippen LogP contribution in [0.15, 0.2) is 0 Å². The van der Waals surface area contributed by atoms with Gasteiger partial charge < -0.3 is 9.57 Å². The van der Waals surface area contributed by atoms with Crippen LogP contribution in [0.2, 0.25) is 9.62 Å². The second-order valence-electron chi connectivity index (χ2n) is 4.24. The molecule has 0 unspecified atom stereocenters. The van der Waals surface area contributed by atoms with Crippen LogP contribution < -0.4 is 0 Å². The zero-order valence-corrected chi connectivity index (χ0v) is 12.5. The van der Waals surface area contributed by atoms with E-state index in [9.17, 15) is 0 Å². The number of hydrogen-bond acceptors (Lipinski definition) is 5. The fraction of sp³-hybridized carbons (Fsp3) is 0.727. The molecular formula is C11H16Cl2N2O2S. The summed E-state index contributed by atoms with van der Waals surface area (Å²) in [5.41, 5.74) is 0. The van der Waals surface area contributed by atoms with E-state index in [2.05, 4.69) is 4.98 Å². The molecule has 1 aromatic rings. The molecule has 18 heavy (non-hydrogen) atoms. The Bertz CT molecular complexity index is 383. The van der Waals surface area contributed by atoms with Gasteiger partial charge in [-0.2, -0.15) is 5.06 Å². The average Bonchev–Trinajstić information content (AvgIpc) is 2.68. The Morgan fingerprint density at radius 3 is 2.72 bits per heavy atom. The van der Waals surface area contributed by atoms with E-state index >= 15 is 0 Å². The predicted octanol–water partition coefficient (Wildman–Crippen LogP) is 3.24. The number of nitrogens with zero attached hydrogens (tertiary/aromatic N) is 2. The third-order valence-corrected chi connectivity index (χ3v) is 4.57. The van der Waals surface area contributed by atoms with Crippen LogP contribution in [0.4, 0.5) is 0 Å². The van der Waals surface area contributed by atoms with Gasteiger partial charge in [-0.05, 0) is 18.8 Å². The van der Waals surface area contributed by atoms with Crippen molar-refractivity contribution in [1.29, 1.82) is 0 Å². The summed E-state index contributed by atoms with van der Waals surface area (Å²) in [4.78, 5) is 10.3. The van der Waals surface area contributed by atoms with Crippen LogP contribution in [0.25, 0.3) is 0 Å². The lowest BCUT2D eigenvalue weighted by Gasteiger charge is -2.27. The minimum absolute atomic E-state index is 0.470. The zero-order valence-electron chi connectivity index (χ0n) is 10.2. The Hall–Kier alpha value is 0.0900. The Balaban J connectivity index is 1.90. The average molecular weight is 311 g/mol. The molecule has 2 heterocycles. The van der Waals surface area contributed by atoms with Gasteiger partial charge in [0.15, 0.2) is 4.47 Å². The fourth-order valence-corrected chi connectivity index (χ4v) is 3.38. The van der Waals surface area contributed by atoms with E-state index in [1.165, 1.54) is 11.3 Å². The third-order valence-electron chi connectivity index (χ3n) is 3.00. The maximum atomic E-state index is 6.00. The summed E-state index contributed by atoms with van der Waals surface area (Å²) in [7, 11) is 1.68. The number of aromatic nitrogens is 1. The zero-order chi connectivity index (χ0) is 13.0. The first-order valence-corrected chi connectivity index (χ1v) is 7.43. The normalized spacial score (nSPS) is 17.6. The molecule has 1 aliphatic rings. The van der Waals surface area contributed by atoms with Gasteiger partial charge in [-0.1, -0.05) is 23.2 Å². The molecule has 0 spiro atoms. The first-order valence-electron chi connectivity index (χ1n) is 5.86. The van der Waals surface area contributed by atoms with Gasteiger partial charge in [-0.15, -0.1) is 11.3 Å². The van der Waals surface area contributed by atoms with Crippen LogP contribution in [0, 0.1) is 5.92 Å². The maximum absolute atomic E-state index is 6.00. The minimum atomic E-state index is 0.470. The molecule has 2 rings (SSSR count). The fourth-order valence-electron chi connectivity index (χ4n) is 1.98. The van der Waals surface area contributed by atoms with Gasteiger partial charge in [0, 0.05) is 19.8 Å². The van der Waals surface area contributed by atoms with Crippen LogP contribution in [-0.2, 0) is 16.1 Å². The van der Waals surface area contributed by atoms with Gasteiger partial charge in [0.2, 0.25) is 0 Å². The molecule has 0 radical (unpaired) electrons. The Labute approximate surface area is 121 Å². The monoisotopic (exact) mass is 310 g/mol. The molecule has 102 valence electrons. The second kappa shape index (κ2) is 7.03. The second-order valence-corrected chi connectivity index (χ2v) is 6.27. The molecule has 0 bridgehead atoms. The SMILES string of the molecule is CON(Cc1sc(Cl)nc1Cl)CC1CCOCC1. The highest BCUT2D eigenvalue weighted by atomic mass is 35.5. The number of hydroxylamine groups is 2. The number of halogens is 2. The molecule has 4 nitrogen and oxygen atoms in total. The molecule has 0 amide bonds. The van der Waals surface area contributed by atoms with Crippen LogP contribution in [0.1, 0.15) is 17.7 Å². The first-order chi connectivity index (χ1) is 8.69. The lowest BCUT2D eigenvalue weighted by molar-refractivity contribution is -0.151. The quantitative estimate of drug-likeness (QED) is 0.782. The van der Waals surface area contributed by atoms with Crippen LogP contribution in [0.5, 0.6) is 0 Å². The van der Waals surface area contributed by atoms with Gasteiger partial charge in [0.05, 0.1) is 18.5 Å². The van der Waals surface area contributed by atoms with Gasteiger partial charge in [0.25, 0.3) is 0 Å². The molecule has 0 saturated carbocycles. The standard InChI is InChI=1S/C11H16Cl2N2O2S/c1-16-15(6-8-2-4-17-5-3-8)7-9-10(12)14-11(13)18-9/h8H,2-7H2,1H3. The first kappa shape index (κ1) is 14.5. The maximum Gasteiger partial charge on any atom is 0.185 e. The highest BCUT2D eigenvalue weighted by Gasteiger charge is 2.19. The van der Waals surface area contributed by atoms with Gasteiger partial charge >= 0.3 is 0 Å². The molecule has 1 aliphatic heterocycles. The van der Waals surface area contributed by atoms with Gasteiger partial charge in [-0.25, -0.2) is 4.98 Å². The highest BCUT2D eigenvalue weighted by Crippen LogP contribution is 2.28.